The molecule has 0 saturated carbocycles. The van der Waals surface area contributed by atoms with E-state index >= 15 is 0 Å². The zero-order valence-electron chi connectivity index (χ0n) is 15.0. The van der Waals surface area contributed by atoms with Crippen molar-refractivity contribution in [3.8, 4) is 5.75 Å². The minimum atomic E-state index is 0.197. The standard InChI is InChI=1S/C21H26N2O/c1-5-23-20-11-6-16(12-19(20)15(2)13-21(23,3)4)14-22-17-7-9-18(24)10-8-17/h6-12,14-15,24H,5,13H2,1-4H3. The molecule has 1 N–H and O–H groups in total. The van der Waals surface area contributed by atoms with Crippen molar-refractivity contribution < 1.29 is 5.11 Å². The molecule has 2 aromatic rings. The van der Waals surface area contributed by atoms with E-state index in [0.29, 0.717) is 5.92 Å². The first kappa shape index (κ1) is 16.6. The van der Waals surface area contributed by atoms with E-state index in [4.69, 9.17) is 0 Å². The van der Waals surface area contributed by atoms with Crippen LogP contribution in [0.4, 0.5) is 11.4 Å². The van der Waals surface area contributed by atoms with Crippen LogP contribution in [0.5, 0.6) is 5.75 Å². The zero-order chi connectivity index (χ0) is 17.3. The second-order valence-corrected chi connectivity index (χ2v) is 7.25. The summed E-state index contributed by atoms with van der Waals surface area (Å²) >= 11 is 0. The highest BCUT2D eigenvalue weighted by molar-refractivity contribution is 5.83. The van der Waals surface area contributed by atoms with Gasteiger partial charge in [0.05, 0.1) is 5.69 Å². The average molecular weight is 322 g/mol. The first-order valence-electron chi connectivity index (χ1n) is 8.65. The Morgan fingerprint density at radius 2 is 1.92 bits per heavy atom. The minimum absolute atomic E-state index is 0.197. The minimum Gasteiger partial charge on any atom is -0.508 e. The quantitative estimate of drug-likeness (QED) is 0.783. The fourth-order valence-corrected chi connectivity index (χ4v) is 3.88. The van der Waals surface area contributed by atoms with Crippen LogP contribution in [0.15, 0.2) is 47.5 Å². The average Bonchev–Trinajstić information content (AvgIpc) is 2.54. The number of nitrogens with zero attached hydrogens (tertiary/aromatic N) is 2. The highest BCUT2D eigenvalue weighted by atomic mass is 16.3. The third-order valence-corrected chi connectivity index (χ3v) is 4.94. The van der Waals surface area contributed by atoms with Gasteiger partial charge in [-0.2, -0.15) is 0 Å². The van der Waals surface area contributed by atoms with E-state index in [1.165, 1.54) is 11.3 Å². The molecule has 0 aromatic heterocycles. The van der Waals surface area contributed by atoms with Gasteiger partial charge in [0, 0.05) is 24.0 Å². The summed E-state index contributed by atoms with van der Waals surface area (Å²) in [5.74, 6) is 0.804. The summed E-state index contributed by atoms with van der Waals surface area (Å²) < 4.78 is 0. The lowest BCUT2D eigenvalue weighted by Crippen LogP contribution is -2.48. The van der Waals surface area contributed by atoms with Gasteiger partial charge in [-0.3, -0.25) is 4.99 Å². The van der Waals surface area contributed by atoms with Crippen LogP contribution in [-0.4, -0.2) is 23.4 Å². The number of rotatable bonds is 3. The van der Waals surface area contributed by atoms with Crippen molar-refractivity contribution in [3.63, 3.8) is 0 Å². The molecule has 2 aromatic carbocycles. The van der Waals surface area contributed by atoms with Gasteiger partial charge < -0.3 is 10.0 Å². The summed E-state index contributed by atoms with van der Waals surface area (Å²) in [6.45, 7) is 10.2. The van der Waals surface area contributed by atoms with Gasteiger partial charge in [-0.25, -0.2) is 0 Å². The molecule has 0 saturated heterocycles. The molecule has 0 bridgehead atoms. The van der Waals surface area contributed by atoms with Crippen molar-refractivity contribution >= 4 is 17.6 Å². The number of fused-ring (bicyclic) bond motifs is 1. The molecule has 0 spiro atoms. The largest absolute Gasteiger partial charge is 0.508 e. The third-order valence-electron chi connectivity index (χ3n) is 4.94. The molecule has 0 amide bonds. The van der Waals surface area contributed by atoms with Gasteiger partial charge in [-0.1, -0.05) is 13.0 Å². The Morgan fingerprint density at radius 3 is 2.58 bits per heavy atom. The van der Waals surface area contributed by atoms with Crippen LogP contribution < -0.4 is 4.90 Å². The van der Waals surface area contributed by atoms with Crippen LogP contribution in [-0.2, 0) is 0 Å². The fraction of sp³-hybridized carbons (Fsp3) is 0.381. The van der Waals surface area contributed by atoms with Crippen LogP contribution in [0.2, 0.25) is 0 Å². The molecule has 3 nitrogen and oxygen atoms in total. The number of anilines is 1. The normalized spacial score (nSPS) is 19.5. The number of phenols is 1. The van der Waals surface area contributed by atoms with Crippen molar-refractivity contribution in [3.05, 3.63) is 53.6 Å². The summed E-state index contributed by atoms with van der Waals surface area (Å²) in [6.07, 6.45) is 3.06. The Hall–Kier alpha value is -2.29. The number of benzene rings is 2. The predicted molar refractivity (Wildman–Crippen MR) is 102 cm³/mol. The summed E-state index contributed by atoms with van der Waals surface area (Å²) in [5, 5.41) is 9.34. The van der Waals surface area contributed by atoms with E-state index < -0.39 is 0 Å². The molecule has 24 heavy (non-hydrogen) atoms. The van der Waals surface area contributed by atoms with Gasteiger partial charge in [0.2, 0.25) is 0 Å². The summed E-state index contributed by atoms with van der Waals surface area (Å²) in [6, 6.07) is 13.6. The van der Waals surface area contributed by atoms with Gasteiger partial charge in [0.1, 0.15) is 5.75 Å². The monoisotopic (exact) mass is 322 g/mol. The van der Waals surface area contributed by atoms with Gasteiger partial charge >= 0.3 is 0 Å². The molecule has 1 atom stereocenters. The lowest BCUT2D eigenvalue weighted by molar-refractivity contribution is 0.381. The van der Waals surface area contributed by atoms with Crippen LogP contribution in [0.25, 0.3) is 0 Å². The number of phenolic OH excluding ortho intramolecular Hbond substituents is 1. The SMILES string of the molecule is CCN1c2ccc(C=Nc3ccc(O)cc3)cc2C(C)CC1(C)C. The Labute approximate surface area is 144 Å². The van der Waals surface area contributed by atoms with Crippen LogP contribution in [0, 0.1) is 0 Å². The maximum atomic E-state index is 9.34. The lowest BCUT2D eigenvalue weighted by atomic mass is 9.79. The van der Waals surface area contributed by atoms with Crippen molar-refractivity contribution in [2.24, 2.45) is 4.99 Å². The number of hydrogen-bond acceptors (Lipinski definition) is 3. The van der Waals surface area contributed by atoms with Crippen molar-refractivity contribution in [2.45, 2.75) is 45.6 Å². The molecule has 1 aliphatic rings. The van der Waals surface area contributed by atoms with Gasteiger partial charge in [0.15, 0.2) is 0 Å². The van der Waals surface area contributed by atoms with Gasteiger partial charge in [-0.15, -0.1) is 0 Å². The van der Waals surface area contributed by atoms with Crippen LogP contribution in [0.3, 0.4) is 0 Å². The van der Waals surface area contributed by atoms with E-state index in [9.17, 15) is 5.11 Å². The van der Waals surface area contributed by atoms with Gasteiger partial charge in [0.25, 0.3) is 0 Å². The maximum Gasteiger partial charge on any atom is 0.115 e. The van der Waals surface area contributed by atoms with E-state index in [1.807, 2.05) is 18.3 Å². The first-order valence-corrected chi connectivity index (χ1v) is 8.65. The second-order valence-electron chi connectivity index (χ2n) is 7.25. The Morgan fingerprint density at radius 1 is 1.21 bits per heavy atom. The van der Waals surface area contributed by atoms with Gasteiger partial charge in [-0.05, 0) is 80.6 Å². The topological polar surface area (TPSA) is 35.8 Å². The van der Waals surface area contributed by atoms with E-state index in [1.54, 1.807) is 12.1 Å². The van der Waals surface area contributed by atoms with Crippen molar-refractivity contribution in [2.75, 3.05) is 11.4 Å². The Balaban J connectivity index is 1.91. The molecule has 1 unspecified atom stereocenters. The van der Waals surface area contributed by atoms with E-state index in [-0.39, 0.29) is 11.3 Å². The molecule has 126 valence electrons. The molecule has 0 radical (unpaired) electrons. The Bertz CT molecular complexity index is 747. The van der Waals surface area contributed by atoms with E-state index in [0.717, 1.165) is 24.2 Å². The molecule has 3 heteroatoms. The molecule has 1 heterocycles. The molecule has 0 fully saturated rings. The smallest absolute Gasteiger partial charge is 0.115 e. The predicted octanol–water partition coefficient (Wildman–Crippen LogP) is 5.25. The van der Waals surface area contributed by atoms with Crippen LogP contribution >= 0.6 is 0 Å². The molecule has 1 aliphatic heterocycles. The van der Waals surface area contributed by atoms with E-state index in [2.05, 4.69) is 55.8 Å². The molecule has 3 rings (SSSR count). The maximum absolute atomic E-state index is 9.34. The number of hydrogen-bond donors (Lipinski definition) is 1. The zero-order valence-corrected chi connectivity index (χ0v) is 15.0. The summed E-state index contributed by atoms with van der Waals surface area (Å²) in [7, 11) is 0. The van der Waals surface area contributed by atoms with Crippen molar-refractivity contribution in [1.29, 1.82) is 0 Å². The second kappa shape index (κ2) is 6.31. The number of aromatic hydroxyl groups is 1. The highest BCUT2D eigenvalue weighted by Crippen LogP contribution is 2.43. The van der Waals surface area contributed by atoms with Crippen molar-refractivity contribution in [1.82, 2.24) is 0 Å². The molecule has 0 aliphatic carbocycles. The Kier molecular flexibility index (Phi) is 4.35. The summed E-state index contributed by atoms with van der Waals surface area (Å²) in [4.78, 5) is 7.01. The number of aliphatic imine (C=N–C) groups is 1. The fourth-order valence-electron chi connectivity index (χ4n) is 3.88. The lowest BCUT2D eigenvalue weighted by Gasteiger charge is -2.47. The molecular weight excluding hydrogens is 296 g/mol. The highest BCUT2D eigenvalue weighted by Gasteiger charge is 2.35. The first-order chi connectivity index (χ1) is 11.4. The third kappa shape index (κ3) is 3.16. The summed E-state index contributed by atoms with van der Waals surface area (Å²) in [5.41, 5.74) is 4.91. The van der Waals surface area contributed by atoms with Crippen LogP contribution in [0.1, 0.15) is 51.2 Å². The molecular formula is C21H26N2O.